The first kappa shape index (κ1) is 20.9. The Bertz CT molecular complexity index is 1330. The Kier molecular flexibility index (Phi) is 4.90. The Morgan fingerprint density at radius 1 is 0.818 bits per heavy atom. The van der Waals surface area contributed by atoms with Crippen molar-refractivity contribution in [1.29, 1.82) is 0 Å². The minimum atomic E-state index is -0.655. The predicted molar refractivity (Wildman–Crippen MR) is 137 cm³/mol. The second kappa shape index (κ2) is 7.72. The molecule has 1 unspecified atom stereocenters. The molecule has 1 saturated heterocycles. The Morgan fingerprint density at radius 2 is 1.52 bits per heavy atom. The van der Waals surface area contributed by atoms with E-state index in [2.05, 4.69) is 90.0 Å². The van der Waals surface area contributed by atoms with E-state index in [-0.39, 0.29) is 5.41 Å². The summed E-state index contributed by atoms with van der Waals surface area (Å²) in [6, 6.07) is 24.5. The average Bonchev–Trinajstić information content (AvgIpc) is 3.31. The van der Waals surface area contributed by atoms with Crippen molar-refractivity contribution in [2.24, 2.45) is 0 Å². The topological polar surface area (TPSA) is 28.4 Å². The Balaban J connectivity index is 1.25. The summed E-state index contributed by atoms with van der Waals surface area (Å²) in [6.07, 6.45) is 3.93. The Labute approximate surface area is 196 Å². The fourth-order valence-electron chi connectivity index (χ4n) is 6.80. The number of hydrogen-bond donors (Lipinski definition) is 1. The van der Waals surface area contributed by atoms with Crippen molar-refractivity contribution >= 4 is 21.8 Å². The van der Waals surface area contributed by atoms with E-state index in [0.717, 1.165) is 51.9 Å². The molecule has 1 atom stereocenters. The lowest BCUT2D eigenvalue weighted by molar-refractivity contribution is 0.00618. The van der Waals surface area contributed by atoms with Crippen molar-refractivity contribution in [1.82, 2.24) is 9.47 Å². The molecule has 0 saturated carbocycles. The van der Waals surface area contributed by atoms with Crippen molar-refractivity contribution in [3.05, 3.63) is 83.4 Å². The Hall–Kier alpha value is -2.62. The van der Waals surface area contributed by atoms with Crippen LogP contribution in [0.15, 0.2) is 66.7 Å². The van der Waals surface area contributed by atoms with E-state index in [0.29, 0.717) is 0 Å². The number of benzene rings is 3. The number of aliphatic hydroxyl groups is 1. The predicted octanol–water partition coefficient (Wildman–Crippen LogP) is 6.35. The summed E-state index contributed by atoms with van der Waals surface area (Å²) in [5.74, 6) is 0. The molecule has 0 bridgehead atoms. The second-order valence-corrected chi connectivity index (χ2v) is 10.3. The zero-order chi connectivity index (χ0) is 22.6. The molecule has 1 N–H and O–H groups in total. The molecule has 0 radical (unpaired) electrons. The third-order valence-electron chi connectivity index (χ3n) is 8.59. The van der Waals surface area contributed by atoms with Gasteiger partial charge in [-0.25, -0.2) is 0 Å². The van der Waals surface area contributed by atoms with Crippen LogP contribution in [0.5, 0.6) is 0 Å². The van der Waals surface area contributed by atoms with Gasteiger partial charge in [-0.2, -0.15) is 0 Å². The van der Waals surface area contributed by atoms with Crippen LogP contribution in [0.1, 0.15) is 56.2 Å². The molecule has 3 nitrogen and oxygen atoms in total. The van der Waals surface area contributed by atoms with E-state index >= 15 is 0 Å². The van der Waals surface area contributed by atoms with Crippen LogP contribution in [0, 0.1) is 0 Å². The van der Waals surface area contributed by atoms with Gasteiger partial charge in [0.25, 0.3) is 0 Å². The third-order valence-corrected chi connectivity index (χ3v) is 8.59. The quantitative estimate of drug-likeness (QED) is 0.402. The number of piperidine rings is 1. The van der Waals surface area contributed by atoms with Gasteiger partial charge in [-0.05, 0) is 80.6 Å². The molecule has 3 aromatic carbocycles. The van der Waals surface area contributed by atoms with Gasteiger partial charge in [0.15, 0.2) is 0 Å². The van der Waals surface area contributed by atoms with Gasteiger partial charge in [0.1, 0.15) is 0 Å². The van der Waals surface area contributed by atoms with Crippen LogP contribution < -0.4 is 0 Å². The molecule has 6 rings (SSSR count). The lowest BCUT2D eigenvalue weighted by Crippen LogP contribution is -2.42. The van der Waals surface area contributed by atoms with Crippen molar-refractivity contribution in [2.45, 2.75) is 63.6 Å². The van der Waals surface area contributed by atoms with Crippen molar-refractivity contribution in [2.75, 3.05) is 13.1 Å². The van der Waals surface area contributed by atoms with Gasteiger partial charge in [0.05, 0.1) is 5.60 Å². The van der Waals surface area contributed by atoms with E-state index in [1.165, 1.54) is 38.5 Å². The third kappa shape index (κ3) is 3.17. The first-order chi connectivity index (χ1) is 16.1. The molecular weight excluding hydrogens is 404 g/mol. The van der Waals surface area contributed by atoms with E-state index in [1.54, 1.807) is 0 Å². The summed E-state index contributed by atoms with van der Waals surface area (Å²) >= 11 is 0. The fraction of sp³-hybridized carbons (Fsp3) is 0.400. The number of aryl methyl sites for hydroxylation is 1. The lowest BCUT2D eigenvalue weighted by Gasteiger charge is -2.41. The molecular formula is C30H34N2O. The van der Waals surface area contributed by atoms with Crippen molar-refractivity contribution in [3.8, 4) is 0 Å². The van der Waals surface area contributed by atoms with Crippen LogP contribution in [0.4, 0.5) is 0 Å². The van der Waals surface area contributed by atoms with Gasteiger partial charge in [-0.3, -0.25) is 4.90 Å². The summed E-state index contributed by atoms with van der Waals surface area (Å²) in [5, 5.41) is 14.1. The molecule has 1 aliphatic carbocycles. The van der Waals surface area contributed by atoms with Crippen LogP contribution in [0.2, 0.25) is 0 Å². The summed E-state index contributed by atoms with van der Waals surface area (Å²) in [6.45, 7) is 8.51. The molecule has 2 heterocycles. The van der Waals surface area contributed by atoms with Crippen molar-refractivity contribution in [3.63, 3.8) is 0 Å². The van der Waals surface area contributed by atoms with Gasteiger partial charge in [-0.15, -0.1) is 0 Å². The molecule has 3 heteroatoms. The van der Waals surface area contributed by atoms with E-state index in [4.69, 9.17) is 0 Å². The zero-order valence-corrected chi connectivity index (χ0v) is 19.8. The minimum absolute atomic E-state index is 0.135. The summed E-state index contributed by atoms with van der Waals surface area (Å²) < 4.78 is 2.42. The fourth-order valence-corrected chi connectivity index (χ4v) is 6.80. The van der Waals surface area contributed by atoms with Crippen molar-refractivity contribution < 1.29 is 5.11 Å². The van der Waals surface area contributed by atoms with Crippen LogP contribution >= 0.6 is 0 Å². The average molecular weight is 439 g/mol. The highest BCUT2D eigenvalue weighted by atomic mass is 16.3. The monoisotopic (exact) mass is 438 g/mol. The molecule has 1 aliphatic heterocycles. The standard InChI is InChI=1S/C30H34N2O/c1-3-30(33)21-29(25-10-6-7-11-26(25)30)15-17-31(18-16-29)20-22-13-14-28-24(19-22)23-9-5-8-12-27(23)32(28)4-2/h5-14,19,33H,3-4,15-18,20-21H2,1-2H3. The molecule has 1 aromatic heterocycles. The van der Waals surface area contributed by atoms with Crippen LogP contribution in [0.3, 0.4) is 0 Å². The highest BCUT2D eigenvalue weighted by Crippen LogP contribution is 2.54. The number of para-hydroxylation sites is 1. The van der Waals surface area contributed by atoms with E-state index < -0.39 is 5.60 Å². The maximum Gasteiger partial charge on any atom is 0.0905 e. The number of aromatic nitrogens is 1. The number of likely N-dealkylation sites (tertiary alicyclic amines) is 1. The first-order valence-electron chi connectivity index (χ1n) is 12.6. The number of hydrogen-bond acceptors (Lipinski definition) is 2. The second-order valence-electron chi connectivity index (χ2n) is 10.3. The summed E-state index contributed by atoms with van der Waals surface area (Å²) in [4.78, 5) is 2.61. The SMILES string of the molecule is CCn1c2ccccc2c2cc(CN3CCC4(CC3)CC(O)(CC)c3ccccc34)ccc21. The summed E-state index contributed by atoms with van der Waals surface area (Å²) in [7, 11) is 0. The Morgan fingerprint density at radius 3 is 2.27 bits per heavy atom. The summed E-state index contributed by atoms with van der Waals surface area (Å²) in [5.41, 5.74) is 6.13. The zero-order valence-electron chi connectivity index (χ0n) is 19.8. The van der Waals surface area contributed by atoms with E-state index in [1.807, 2.05) is 0 Å². The van der Waals surface area contributed by atoms with Crippen LogP contribution in [-0.2, 0) is 24.1 Å². The highest BCUT2D eigenvalue weighted by Gasteiger charge is 2.51. The van der Waals surface area contributed by atoms with Gasteiger partial charge in [-0.1, -0.05) is 55.5 Å². The minimum Gasteiger partial charge on any atom is -0.385 e. The van der Waals surface area contributed by atoms with Crippen LogP contribution in [0.25, 0.3) is 21.8 Å². The molecule has 4 aromatic rings. The maximum absolute atomic E-state index is 11.4. The van der Waals surface area contributed by atoms with E-state index in [9.17, 15) is 5.11 Å². The number of nitrogens with zero attached hydrogens (tertiary/aromatic N) is 2. The first-order valence-corrected chi connectivity index (χ1v) is 12.6. The number of rotatable bonds is 4. The van der Waals surface area contributed by atoms with Gasteiger partial charge in [0.2, 0.25) is 0 Å². The molecule has 2 aliphatic rings. The van der Waals surface area contributed by atoms with Crippen LogP contribution in [-0.4, -0.2) is 27.7 Å². The molecule has 1 spiro atoms. The molecule has 170 valence electrons. The largest absolute Gasteiger partial charge is 0.385 e. The van der Waals surface area contributed by atoms with Gasteiger partial charge in [0, 0.05) is 40.3 Å². The number of fused-ring (bicyclic) bond motifs is 5. The van der Waals surface area contributed by atoms with Gasteiger partial charge >= 0.3 is 0 Å². The van der Waals surface area contributed by atoms with Gasteiger partial charge < -0.3 is 9.67 Å². The molecule has 1 fully saturated rings. The maximum atomic E-state index is 11.4. The highest BCUT2D eigenvalue weighted by molar-refractivity contribution is 6.08. The lowest BCUT2D eigenvalue weighted by atomic mass is 9.72. The molecule has 33 heavy (non-hydrogen) atoms. The normalized spacial score (nSPS) is 22.4. The molecule has 0 amide bonds. The smallest absolute Gasteiger partial charge is 0.0905 e.